The first-order valence-electron chi connectivity index (χ1n) is 6.85. The molecular weight excluding hydrogens is 266 g/mol. The van der Waals surface area contributed by atoms with Crippen molar-refractivity contribution < 1.29 is 14.6 Å². The molecule has 0 amide bonds. The fourth-order valence-electron chi connectivity index (χ4n) is 1.99. The summed E-state index contributed by atoms with van der Waals surface area (Å²) in [5, 5.41) is 9.93. The van der Waals surface area contributed by atoms with Crippen LogP contribution in [0.1, 0.15) is 11.1 Å². The molecule has 4 nitrogen and oxygen atoms in total. The van der Waals surface area contributed by atoms with Gasteiger partial charge in [-0.3, -0.25) is 0 Å². The first-order valence-corrected chi connectivity index (χ1v) is 6.85. The predicted molar refractivity (Wildman–Crippen MR) is 80.4 cm³/mol. The molecule has 0 fully saturated rings. The maximum Gasteiger partial charge on any atom is 0.336 e. The van der Waals surface area contributed by atoms with E-state index in [0.717, 1.165) is 11.1 Å². The molecule has 0 aromatic heterocycles. The summed E-state index contributed by atoms with van der Waals surface area (Å²) in [5.74, 6) is -0.692. The number of aliphatic hydroxyl groups excluding tert-OH is 1. The molecule has 2 rings (SSSR count). The van der Waals surface area contributed by atoms with Crippen LogP contribution in [0, 0.1) is 0 Å². The molecule has 110 valence electrons. The van der Waals surface area contributed by atoms with E-state index in [0.29, 0.717) is 6.42 Å². The summed E-state index contributed by atoms with van der Waals surface area (Å²) in [6.45, 7) is 0.134. The maximum atomic E-state index is 11.8. The van der Waals surface area contributed by atoms with Crippen LogP contribution in [0.4, 0.5) is 0 Å². The fourth-order valence-corrected chi connectivity index (χ4v) is 1.99. The predicted octanol–water partition coefficient (Wildman–Crippen LogP) is 1.66. The van der Waals surface area contributed by atoms with Gasteiger partial charge < -0.3 is 15.6 Å². The molecule has 0 spiro atoms. The number of esters is 1. The standard InChI is InChI=1S/C17H19NO3/c18-15(11-13-7-3-1-4-8-13)16(19)17(20)21-12-14-9-5-2-6-10-14/h1-10,15-16,19H,11-12,18H2/t15-,16?/m0/s1. The van der Waals surface area contributed by atoms with Crippen molar-refractivity contribution in [3.05, 3.63) is 71.8 Å². The number of rotatable bonds is 6. The van der Waals surface area contributed by atoms with Crippen molar-refractivity contribution >= 4 is 5.97 Å². The molecule has 0 bridgehead atoms. The number of benzene rings is 2. The van der Waals surface area contributed by atoms with E-state index < -0.39 is 18.1 Å². The molecule has 2 aromatic carbocycles. The van der Waals surface area contributed by atoms with Crippen LogP contribution in [-0.4, -0.2) is 23.2 Å². The summed E-state index contributed by atoms with van der Waals surface area (Å²) in [4.78, 5) is 11.8. The number of carbonyl (C=O) groups is 1. The third-order valence-corrected chi connectivity index (χ3v) is 3.19. The van der Waals surface area contributed by atoms with Crippen LogP contribution >= 0.6 is 0 Å². The van der Waals surface area contributed by atoms with Gasteiger partial charge in [-0.05, 0) is 17.5 Å². The molecule has 0 radical (unpaired) electrons. The van der Waals surface area contributed by atoms with E-state index >= 15 is 0 Å². The van der Waals surface area contributed by atoms with Crippen molar-refractivity contribution in [1.82, 2.24) is 0 Å². The number of hydrogen-bond donors (Lipinski definition) is 2. The third-order valence-electron chi connectivity index (χ3n) is 3.19. The molecule has 2 atom stereocenters. The van der Waals surface area contributed by atoms with E-state index in [1.807, 2.05) is 60.7 Å². The number of ether oxygens (including phenoxy) is 1. The first kappa shape index (κ1) is 15.2. The molecule has 3 N–H and O–H groups in total. The fraction of sp³-hybridized carbons (Fsp3) is 0.235. The van der Waals surface area contributed by atoms with Crippen LogP contribution in [0.15, 0.2) is 60.7 Å². The van der Waals surface area contributed by atoms with Gasteiger partial charge >= 0.3 is 5.97 Å². The summed E-state index contributed by atoms with van der Waals surface area (Å²) < 4.78 is 5.08. The molecule has 0 aliphatic heterocycles. The summed E-state index contributed by atoms with van der Waals surface area (Å²) in [7, 11) is 0. The Kier molecular flexibility index (Phi) is 5.49. The lowest BCUT2D eigenvalue weighted by atomic mass is 10.0. The van der Waals surface area contributed by atoms with Gasteiger partial charge in [-0.15, -0.1) is 0 Å². The minimum absolute atomic E-state index is 0.134. The van der Waals surface area contributed by atoms with Crippen LogP contribution in [-0.2, 0) is 22.6 Å². The summed E-state index contributed by atoms with van der Waals surface area (Å²) in [6.07, 6.45) is -0.906. The normalized spacial score (nSPS) is 13.4. The molecule has 2 aromatic rings. The molecule has 1 unspecified atom stereocenters. The molecular formula is C17H19NO3. The van der Waals surface area contributed by atoms with Gasteiger partial charge in [0.25, 0.3) is 0 Å². The molecule has 0 aliphatic rings. The Labute approximate surface area is 124 Å². The highest BCUT2D eigenvalue weighted by Crippen LogP contribution is 2.07. The van der Waals surface area contributed by atoms with Gasteiger partial charge in [0.05, 0.1) is 0 Å². The largest absolute Gasteiger partial charge is 0.459 e. The quantitative estimate of drug-likeness (QED) is 0.792. The number of nitrogens with two attached hydrogens (primary N) is 1. The second-order valence-electron chi connectivity index (χ2n) is 4.89. The Morgan fingerprint density at radius 1 is 1.00 bits per heavy atom. The highest BCUT2D eigenvalue weighted by molar-refractivity contribution is 5.75. The lowest BCUT2D eigenvalue weighted by molar-refractivity contribution is -0.156. The van der Waals surface area contributed by atoms with Crippen molar-refractivity contribution in [2.45, 2.75) is 25.2 Å². The van der Waals surface area contributed by atoms with Crippen LogP contribution in [0.3, 0.4) is 0 Å². The van der Waals surface area contributed by atoms with Gasteiger partial charge in [0.1, 0.15) is 6.61 Å². The van der Waals surface area contributed by atoms with Gasteiger partial charge in [-0.1, -0.05) is 60.7 Å². The van der Waals surface area contributed by atoms with Crippen molar-refractivity contribution in [1.29, 1.82) is 0 Å². The van der Waals surface area contributed by atoms with Crippen LogP contribution < -0.4 is 5.73 Å². The second-order valence-corrected chi connectivity index (χ2v) is 4.89. The summed E-state index contributed by atoms with van der Waals surface area (Å²) in [6, 6.07) is 18.1. The zero-order valence-corrected chi connectivity index (χ0v) is 11.7. The summed E-state index contributed by atoms with van der Waals surface area (Å²) in [5.41, 5.74) is 7.71. The van der Waals surface area contributed by atoms with Crippen LogP contribution in [0.5, 0.6) is 0 Å². The van der Waals surface area contributed by atoms with E-state index in [1.165, 1.54) is 0 Å². The Bertz CT molecular complexity index is 557. The van der Waals surface area contributed by atoms with Crippen LogP contribution in [0.2, 0.25) is 0 Å². The van der Waals surface area contributed by atoms with Gasteiger partial charge in [0.15, 0.2) is 6.10 Å². The molecule has 0 saturated carbocycles. The Morgan fingerprint density at radius 3 is 2.10 bits per heavy atom. The van der Waals surface area contributed by atoms with E-state index in [9.17, 15) is 9.90 Å². The van der Waals surface area contributed by atoms with Gasteiger partial charge in [0.2, 0.25) is 0 Å². The highest BCUT2D eigenvalue weighted by Gasteiger charge is 2.24. The molecule has 0 heterocycles. The molecule has 4 heteroatoms. The van der Waals surface area contributed by atoms with Gasteiger partial charge in [-0.2, -0.15) is 0 Å². The first-order chi connectivity index (χ1) is 10.2. The number of aliphatic hydroxyl groups is 1. The topological polar surface area (TPSA) is 72.5 Å². The van der Waals surface area contributed by atoms with Crippen molar-refractivity contribution in [3.8, 4) is 0 Å². The Hall–Kier alpha value is -2.17. The van der Waals surface area contributed by atoms with Crippen molar-refractivity contribution in [3.63, 3.8) is 0 Å². The molecule has 0 saturated heterocycles. The van der Waals surface area contributed by atoms with Gasteiger partial charge in [-0.25, -0.2) is 4.79 Å². The smallest absolute Gasteiger partial charge is 0.336 e. The average molecular weight is 285 g/mol. The SMILES string of the molecule is N[C@@H](Cc1ccccc1)C(O)C(=O)OCc1ccccc1. The van der Waals surface area contributed by atoms with E-state index in [1.54, 1.807) is 0 Å². The second kappa shape index (κ2) is 7.57. The monoisotopic (exact) mass is 285 g/mol. The van der Waals surface area contributed by atoms with E-state index in [4.69, 9.17) is 10.5 Å². The lowest BCUT2D eigenvalue weighted by Crippen LogP contribution is -2.42. The zero-order chi connectivity index (χ0) is 15.1. The van der Waals surface area contributed by atoms with E-state index in [2.05, 4.69) is 0 Å². The summed E-state index contributed by atoms with van der Waals surface area (Å²) >= 11 is 0. The average Bonchev–Trinajstić information content (AvgIpc) is 2.53. The molecule has 0 aliphatic carbocycles. The number of carbonyl (C=O) groups excluding carboxylic acids is 1. The lowest BCUT2D eigenvalue weighted by Gasteiger charge is -2.17. The van der Waals surface area contributed by atoms with Crippen LogP contribution in [0.25, 0.3) is 0 Å². The third kappa shape index (κ3) is 4.70. The Morgan fingerprint density at radius 2 is 1.52 bits per heavy atom. The van der Waals surface area contributed by atoms with Crippen molar-refractivity contribution in [2.24, 2.45) is 5.73 Å². The molecule has 21 heavy (non-hydrogen) atoms. The van der Waals surface area contributed by atoms with Crippen molar-refractivity contribution in [2.75, 3.05) is 0 Å². The minimum Gasteiger partial charge on any atom is -0.459 e. The maximum absolute atomic E-state index is 11.8. The Balaban J connectivity index is 1.84. The highest BCUT2D eigenvalue weighted by atomic mass is 16.5. The number of hydrogen-bond acceptors (Lipinski definition) is 4. The van der Waals surface area contributed by atoms with E-state index in [-0.39, 0.29) is 6.61 Å². The zero-order valence-electron chi connectivity index (χ0n) is 11.7. The van der Waals surface area contributed by atoms with Gasteiger partial charge in [0, 0.05) is 6.04 Å². The minimum atomic E-state index is -1.33.